The Kier molecular flexibility index (Phi) is 3.55. The Balaban J connectivity index is 1.97. The second-order valence-electron chi connectivity index (χ2n) is 6.15. The standard InChI is InChI=1S/C19H15N3O4/c1-11(23)26-16-8-9-21-17(16)18(24)22(19(21)25)15-7-6-12(10-20)13-4-2-3-5-14(13)15/h2-7,16,24H,8-9H2,1H3/t16-/m1/s1. The molecule has 0 fully saturated rings. The van der Waals surface area contributed by atoms with E-state index in [1.165, 1.54) is 16.1 Å². The molecular formula is C19H15N3O4. The van der Waals surface area contributed by atoms with Gasteiger partial charge in [0.05, 0.1) is 17.3 Å². The van der Waals surface area contributed by atoms with Crippen molar-refractivity contribution < 1.29 is 14.6 Å². The quantitative estimate of drug-likeness (QED) is 0.717. The molecule has 3 aromatic rings. The fraction of sp³-hybridized carbons (Fsp3) is 0.211. The number of rotatable bonds is 2. The molecule has 1 aromatic heterocycles. The first-order chi connectivity index (χ1) is 12.5. The number of aromatic nitrogens is 2. The molecule has 0 radical (unpaired) electrons. The zero-order valence-corrected chi connectivity index (χ0v) is 14.0. The number of aromatic hydroxyl groups is 1. The average Bonchev–Trinajstić information content (AvgIpc) is 3.14. The molecule has 1 N–H and O–H groups in total. The number of nitriles is 1. The van der Waals surface area contributed by atoms with E-state index in [9.17, 15) is 20.0 Å². The monoisotopic (exact) mass is 349 g/mol. The molecule has 0 bridgehead atoms. The van der Waals surface area contributed by atoms with Crippen LogP contribution >= 0.6 is 0 Å². The summed E-state index contributed by atoms with van der Waals surface area (Å²) in [7, 11) is 0. The first-order valence-electron chi connectivity index (χ1n) is 8.16. The van der Waals surface area contributed by atoms with Gasteiger partial charge in [0, 0.05) is 30.7 Å². The van der Waals surface area contributed by atoms with E-state index < -0.39 is 17.8 Å². The molecular weight excluding hydrogens is 334 g/mol. The number of carbonyl (C=O) groups excluding carboxylic acids is 1. The van der Waals surface area contributed by atoms with Crippen LogP contribution in [0.1, 0.15) is 30.7 Å². The topological polar surface area (TPSA) is 97.2 Å². The zero-order valence-electron chi connectivity index (χ0n) is 14.0. The van der Waals surface area contributed by atoms with Crippen molar-refractivity contribution in [2.45, 2.75) is 26.0 Å². The maximum absolute atomic E-state index is 12.9. The third-order valence-electron chi connectivity index (χ3n) is 4.64. The molecule has 4 rings (SSSR count). The molecule has 1 aliphatic heterocycles. The third kappa shape index (κ3) is 2.19. The summed E-state index contributed by atoms with van der Waals surface area (Å²) < 4.78 is 7.86. The van der Waals surface area contributed by atoms with Crippen molar-refractivity contribution in [3.05, 3.63) is 58.1 Å². The van der Waals surface area contributed by atoms with Gasteiger partial charge in [0.15, 0.2) is 0 Å². The number of imidazole rings is 1. The Morgan fingerprint density at radius 2 is 2.00 bits per heavy atom. The maximum atomic E-state index is 12.9. The number of ether oxygens (including phenoxy) is 1. The Morgan fingerprint density at radius 1 is 1.27 bits per heavy atom. The van der Waals surface area contributed by atoms with Gasteiger partial charge in [-0.05, 0) is 12.1 Å². The number of benzene rings is 2. The number of hydrogen-bond acceptors (Lipinski definition) is 5. The van der Waals surface area contributed by atoms with Gasteiger partial charge in [-0.15, -0.1) is 0 Å². The van der Waals surface area contributed by atoms with Crippen molar-refractivity contribution in [3.63, 3.8) is 0 Å². The van der Waals surface area contributed by atoms with E-state index in [0.29, 0.717) is 40.7 Å². The molecule has 0 spiro atoms. The van der Waals surface area contributed by atoms with Crippen LogP contribution in [0.3, 0.4) is 0 Å². The largest absolute Gasteiger partial charge is 0.493 e. The van der Waals surface area contributed by atoms with E-state index >= 15 is 0 Å². The molecule has 26 heavy (non-hydrogen) atoms. The number of esters is 1. The first kappa shape index (κ1) is 16.0. The lowest BCUT2D eigenvalue weighted by Crippen LogP contribution is -2.22. The lowest BCUT2D eigenvalue weighted by Gasteiger charge is -2.12. The lowest BCUT2D eigenvalue weighted by atomic mass is 10.0. The lowest BCUT2D eigenvalue weighted by molar-refractivity contribution is -0.146. The highest BCUT2D eigenvalue weighted by Gasteiger charge is 2.34. The van der Waals surface area contributed by atoms with Crippen molar-refractivity contribution in [1.29, 1.82) is 5.26 Å². The van der Waals surface area contributed by atoms with Crippen LogP contribution in [0.2, 0.25) is 0 Å². The molecule has 0 saturated heterocycles. The first-order valence-corrected chi connectivity index (χ1v) is 8.16. The van der Waals surface area contributed by atoms with Crippen LogP contribution in [-0.4, -0.2) is 20.2 Å². The van der Waals surface area contributed by atoms with Crippen molar-refractivity contribution in [2.75, 3.05) is 0 Å². The summed E-state index contributed by atoms with van der Waals surface area (Å²) in [6, 6.07) is 12.6. The van der Waals surface area contributed by atoms with E-state index in [2.05, 4.69) is 6.07 Å². The zero-order chi connectivity index (χ0) is 18.4. The number of carbonyl (C=O) groups is 1. The molecule has 0 amide bonds. The highest BCUT2D eigenvalue weighted by Crippen LogP contribution is 2.37. The highest BCUT2D eigenvalue weighted by atomic mass is 16.5. The van der Waals surface area contributed by atoms with Crippen molar-refractivity contribution in [2.24, 2.45) is 0 Å². The third-order valence-corrected chi connectivity index (χ3v) is 4.64. The normalized spacial score (nSPS) is 15.6. The summed E-state index contributed by atoms with van der Waals surface area (Å²) in [6.45, 7) is 1.66. The van der Waals surface area contributed by atoms with Crippen LogP contribution in [-0.2, 0) is 16.1 Å². The van der Waals surface area contributed by atoms with Gasteiger partial charge in [0.2, 0.25) is 5.88 Å². The van der Waals surface area contributed by atoms with Gasteiger partial charge in [-0.2, -0.15) is 5.26 Å². The Hall–Kier alpha value is -3.53. The molecule has 2 aromatic carbocycles. The van der Waals surface area contributed by atoms with E-state index in [4.69, 9.17) is 4.74 Å². The van der Waals surface area contributed by atoms with Crippen LogP contribution < -0.4 is 5.69 Å². The molecule has 2 heterocycles. The van der Waals surface area contributed by atoms with Gasteiger partial charge in [-0.3, -0.25) is 9.36 Å². The van der Waals surface area contributed by atoms with Gasteiger partial charge >= 0.3 is 11.7 Å². The van der Waals surface area contributed by atoms with Crippen LogP contribution in [0.25, 0.3) is 16.5 Å². The fourth-order valence-electron chi connectivity index (χ4n) is 3.57. The van der Waals surface area contributed by atoms with Gasteiger partial charge in [0.25, 0.3) is 0 Å². The van der Waals surface area contributed by atoms with Gasteiger partial charge < -0.3 is 9.84 Å². The molecule has 7 heteroatoms. The summed E-state index contributed by atoms with van der Waals surface area (Å²) in [5, 5.41) is 21.4. The number of nitrogens with zero attached hydrogens (tertiary/aromatic N) is 3. The van der Waals surface area contributed by atoms with Gasteiger partial charge in [0.1, 0.15) is 11.8 Å². The van der Waals surface area contributed by atoms with Crippen molar-refractivity contribution in [1.82, 2.24) is 9.13 Å². The van der Waals surface area contributed by atoms with E-state index in [-0.39, 0.29) is 5.88 Å². The Morgan fingerprint density at radius 3 is 2.69 bits per heavy atom. The Bertz CT molecular complexity index is 1150. The van der Waals surface area contributed by atoms with Crippen LogP contribution in [0.5, 0.6) is 5.88 Å². The summed E-state index contributed by atoms with van der Waals surface area (Å²) in [5.41, 5.74) is 0.868. The second kappa shape index (κ2) is 5.77. The fourth-order valence-corrected chi connectivity index (χ4v) is 3.57. The summed E-state index contributed by atoms with van der Waals surface area (Å²) >= 11 is 0. The molecule has 0 unspecified atom stereocenters. The number of hydrogen-bond donors (Lipinski definition) is 1. The highest BCUT2D eigenvalue weighted by molar-refractivity contribution is 5.94. The predicted molar refractivity (Wildman–Crippen MR) is 93.0 cm³/mol. The Labute approximate surface area is 148 Å². The van der Waals surface area contributed by atoms with Crippen molar-refractivity contribution in [3.8, 4) is 17.6 Å². The van der Waals surface area contributed by atoms with E-state index in [0.717, 1.165) is 0 Å². The van der Waals surface area contributed by atoms with Crippen molar-refractivity contribution >= 4 is 16.7 Å². The van der Waals surface area contributed by atoms with Gasteiger partial charge in [-0.1, -0.05) is 24.3 Å². The van der Waals surface area contributed by atoms with E-state index in [1.807, 2.05) is 6.07 Å². The minimum atomic E-state index is -0.647. The van der Waals surface area contributed by atoms with Gasteiger partial charge in [-0.25, -0.2) is 9.36 Å². The summed E-state index contributed by atoms with van der Waals surface area (Å²) in [4.78, 5) is 24.2. The molecule has 0 aliphatic carbocycles. The smallest absolute Gasteiger partial charge is 0.336 e. The molecule has 130 valence electrons. The summed E-state index contributed by atoms with van der Waals surface area (Å²) in [6.07, 6.45) is -0.196. The van der Waals surface area contributed by atoms with E-state index in [1.54, 1.807) is 30.3 Å². The number of fused-ring (bicyclic) bond motifs is 2. The van der Waals surface area contributed by atoms with Crippen LogP contribution in [0, 0.1) is 11.3 Å². The molecule has 1 atom stereocenters. The molecule has 1 aliphatic rings. The minimum Gasteiger partial charge on any atom is -0.493 e. The summed E-state index contributed by atoms with van der Waals surface area (Å²) in [5.74, 6) is -0.708. The second-order valence-corrected chi connectivity index (χ2v) is 6.15. The maximum Gasteiger partial charge on any atom is 0.336 e. The van der Waals surface area contributed by atoms with Crippen LogP contribution in [0.15, 0.2) is 41.2 Å². The van der Waals surface area contributed by atoms with Crippen LogP contribution in [0.4, 0.5) is 0 Å². The average molecular weight is 349 g/mol. The molecule has 0 saturated carbocycles. The predicted octanol–water partition coefficient (Wildman–Crippen LogP) is 2.38. The SMILES string of the molecule is CC(=O)O[C@@H]1CCn2c1c(O)n(-c1ccc(C#N)c3ccccc13)c2=O. The minimum absolute atomic E-state index is 0.242. The molecule has 7 nitrogen and oxygen atoms in total.